The van der Waals surface area contributed by atoms with Crippen molar-refractivity contribution in [1.82, 2.24) is 0 Å². The van der Waals surface area contributed by atoms with E-state index in [-0.39, 0.29) is 0 Å². The molecule has 2 bridgehead atoms. The quantitative estimate of drug-likeness (QED) is 0.501. The first-order valence-corrected chi connectivity index (χ1v) is 10.3. The number of rotatable bonds is 3. The first-order chi connectivity index (χ1) is 11.6. The molecule has 2 aliphatic rings. The van der Waals surface area contributed by atoms with E-state index >= 15 is 0 Å². The Morgan fingerprint density at radius 3 is 1.84 bits per heavy atom. The van der Waals surface area contributed by atoms with Gasteiger partial charge in [-0.3, -0.25) is 0 Å². The molecule has 0 radical (unpaired) electrons. The van der Waals surface area contributed by atoms with Crippen LogP contribution in [0.15, 0.2) is 0 Å². The van der Waals surface area contributed by atoms with Gasteiger partial charge in [-0.05, 0) is 92.2 Å². The lowest BCUT2D eigenvalue weighted by molar-refractivity contribution is -0.550. The van der Waals surface area contributed by atoms with Gasteiger partial charge in [-0.15, -0.1) is 0 Å². The third-order valence-corrected chi connectivity index (χ3v) is 8.55. The van der Waals surface area contributed by atoms with Crippen LogP contribution >= 0.6 is 0 Å². The SMILES string of the molecule is CC(Cc1c(C)c(C)c(C)c(C)c1C)=[N+](C)[C@@H]1CC2CC1[C@@H](C)[C@H]2C. The number of hydrogen-bond acceptors (Lipinski definition) is 0. The largest absolute Gasteiger partial charge is 0.237 e. The van der Waals surface area contributed by atoms with Crippen molar-refractivity contribution in [1.29, 1.82) is 0 Å². The lowest BCUT2D eigenvalue weighted by Crippen LogP contribution is -2.38. The Morgan fingerprint density at radius 2 is 1.36 bits per heavy atom. The van der Waals surface area contributed by atoms with Crippen LogP contribution in [0, 0.1) is 58.3 Å². The smallest absolute Gasteiger partial charge is 0.155 e. The van der Waals surface area contributed by atoms with Gasteiger partial charge < -0.3 is 0 Å². The Labute approximate surface area is 155 Å². The highest BCUT2D eigenvalue weighted by molar-refractivity contribution is 5.80. The van der Waals surface area contributed by atoms with Crippen molar-refractivity contribution in [3.63, 3.8) is 0 Å². The maximum Gasteiger partial charge on any atom is 0.155 e. The molecule has 25 heavy (non-hydrogen) atoms. The van der Waals surface area contributed by atoms with E-state index in [1.807, 2.05) is 0 Å². The van der Waals surface area contributed by atoms with Crippen LogP contribution in [0.5, 0.6) is 0 Å². The van der Waals surface area contributed by atoms with Crippen molar-refractivity contribution in [2.75, 3.05) is 7.05 Å². The monoisotopic (exact) mass is 340 g/mol. The molecule has 5 atom stereocenters. The maximum atomic E-state index is 2.65. The van der Waals surface area contributed by atoms with Crippen molar-refractivity contribution in [3.8, 4) is 0 Å². The van der Waals surface area contributed by atoms with E-state index in [1.165, 1.54) is 40.7 Å². The maximum absolute atomic E-state index is 2.65. The average Bonchev–Trinajstić information content (AvgIpc) is 3.14. The molecule has 2 saturated carbocycles. The van der Waals surface area contributed by atoms with Crippen LogP contribution in [0.1, 0.15) is 67.0 Å². The predicted molar refractivity (Wildman–Crippen MR) is 109 cm³/mol. The first kappa shape index (κ1) is 18.7. The van der Waals surface area contributed by atoms with Gasteiger partial charge in [0.15, 0.2) is 11.8 Å². The Bertz CT molecular complexity index is 693. The zero-order valence-electron chi connectivity index (χ0n) is 18.0. The number of hydrogen-bond donors (Lipinski definition) is 0. The number of benzene rings is 1. The van der Waals surface area contributed by atoms with Crippen LogP contribution in [-0.2, 0) is 6.42 Å². The summed E-state index contributed by atoms with van der Waals surface area (Å²) < 4.78 is 2.65. The second-order valence-electron chi connectivity index (χ2n) is 9.31. The van der Waals surface area contributed by atoms with E-state index in [1.54, 1.807) is 11.3 Å². The third-order valence-electron chi connectivity index (χ3n) is 8.55. The molecule has 0 heterocycles. The number of nitrogens with zero attached hydrogens (tertiary/aromatic N) is 1. The van der Waals surface area contributed by atoms with Gasteiger partial charge in [-0.25, -0.2) is 4.58 Å². The molecule has 0 spiro atoms. The van der Waals surface area contributed by atoms with Gasteiger partial charge in [0.2, 0.25) is 0 Å². The Morgan fingerprint density at radius 1 is 0.840 bits per heavy atom. The molecule has 1 heteroatoms. The van der Waals surface area contributed by atoms with Gasteiger partial charge in [-0.1, -0.05) is 13.8 Å². The lowest BCUT2D eigenvalue weighted by atomic mass is 9.79. The van der Waals surface area contributed by atoms with Crippen molar-refractivity contribution in [3.05, 3.63) is 33.4 Å². The average molecular weight is 341 g/mol. The van der Waals surface area contributed by atoms with E-state index < -0.39 is 0 Å². The topological polar surface area (TPSA) is 3.01 Å². The van der Waals surface area contributed by atoms with Crippen LogP contribution in [0.2, 0.25) is 0 Å². The number of fused-ring (bicyclic) bond motifs is 2. The highest BCUT2D eigenvalue weighted by Gasteiger charge is 2.52. The molecule has 138 valence electrons. The van der Waals surface area contributed by atoms with Crippen LogP contribution in [0.25, 0.3) is 0 Å². The molecule has 2 fully saturated rings. The summed E-state index contributed by atoms with van der Waals surface area (Å²) in [5.74, 6) is 3.70. The van der Waals surface area contributed by atoms with E-state index in [9.17, 15) is 0 Å². The van der Waals surface area contributed by atoms with Crippen molar-refractivity contribution < 1.29 is 4.58 Å². The first-order valence-electron chi connectivity index (χ1n) is 10.3. The minimum Gasteiger partial charge on any atom is -0.237 e. The molecule has 1 aromatic carbocycles. The fraction of sp³-hybridized carbons (Fsp3) is 0.708. The zero-order chi connectivity index (χ0) is 18.6. The molecule has 3 rings (SSSR count). The molecule has 1 nitrogen and oxygen atoms in total. The Hall–Kier alpha value is -1.11. The lowest BCUT2D eigenvalue weighted by Gasteiger charge is -2.29. The molecule has 0 aliphatic heterocycles. The fourth-order valence-electron chi connectivity index (χ4n) is 5.85. The van der Waals surface area contributed by atoms with Gasteiger partial charge >= 0.3 is 0 Å². The van der Waals surface area contributed by atoms with Gasteiger partial charge in [0, 0.05) is 19.3 Å². The summed E-state index contributed by atoms with van der Waals surface area (Å²) in [4.78, 5) is 0. The minimum absolute atomic E-state index is 0.768. The van der Waals surface area contributed by atoms with Crippen LogP contribution in [0.4, 0.5) is 0 Å². The summed E-state index contributed by atoms with van der Waals surface area (Å²) in [5, 5.41) is 0. The summed E-state index contributed by atoms with van der Waals surface area (Å²) >= 11 is 0. The molecular formula is C24H38N+. The van der Waals surface area contributed by atoms with Crippen LogP contribution < -0.4 is 0 Å². The predicted octanol–water partition coefficient (Wildman–Crippen LogP) is 5.56. The second kappa shape index (κ2) is 6.56. The summed E-state index contributed by atoms with van der Waals surface area (Å²) in [5.41, 5.74) is 10.6. The summed E-state index contributed by atoms with van der Waals surface area (Å²) in [6.07, 6.45) is 3.98. The van der Waals surface area contributed by atoms with Crippen molar-refractivity contribution >= 4 is 5.71 Å². The molecular weight excluding hydrogens is 302 g/mol. The second-order valence-corrected chi connectivity index (χ2v) is 9.31. The normalized spacial score (nSPS) is 32.3. The van der Waals surface area contributed by atoms with Gasteiger partial charge in [-0.2, -0.15) is 0 Å². The molecule has 1 aromatic rings. The van der Waals surface area contributed by atoms with E-state index in [0.29, 0.717) is 0 Å². The van der Waals surface area contributed by atoms with Gasteiger partial charge in [0.25, 0.3) is 0 Å². The van der Waals surface area contributed by atoms with Gasteiger partial charge in [0.05, 0.1) is 6.42 Å². The van der Waals surface area contributed by atoms with Crippen LogP contribution in [-0.4, -0.2) is 23.4 Å². The highest BCUT2D eigenvalue weighted by atomic mass is 15.0. The summed E-state index contributed by atoms with van der Waals surface area (Å²) in [6, 6.07) is 0.768. The minimum atomic E-state index is 0.768. The molecule has 0 N–H and O–H groups in total. The standard InChI is InChI=1S/C24H38N/c1-13(10-22-18(6)15(3)14(2)16(4)19(22)7)25(9)24-12-21-11-23(24)20(8)17(21)5/h17,20-21,23-24H,10-12H2,1-9H3/q+1/t17-,20+,21?,23?,24-/m1/s1. The Kier molecular flexibility index (Phi) is 4.90. The summed E-state index contributed by atoms with van der Waals surface area (Å²) in [6.45, 7) is 18.8. The summed E-state index contributed by atoms with van der Waals surface area (Å²) in [7, 11) is 2.36. The van der Waals surface area contributed by atoms with Crippen LogP contribution in [0.3, 0.4) is 0 Å². The van der Waals surface area contributed by atoms with E-state index in [4.69, 9.17) is 0 Å². The van der Waals surface area contributed by atoms with E-state index in [2.05, 4.69) is 67.0 Å². The molecule has 0 amide bonds. The van der Waals surface area contributed by atoms with Crippen molar-refractivity contribution in [2.45, 2.75) is 80.7 Å². The fourth-order valence-corrected chi connectivity index (χ4v) is 5.85. The third kappa shape index (κ3) is 2.88. The van der Waals surface area contributed by atoms with Crippen molar-refractivity contribution in [2.24, 2.45) is 23.7 Å². The highest BCUT2D eigenvalue weighted by Crippen LogP contribution is 2.52. The zero-order valence-corrected chi connectivity index (χ0v) is 18.0. The van der Waals surface area contributed by atoms with E-state index in [0.717, 1.165) is 36.1 Å². The molecule has 0 aromatic heterocycles. The van der Waals surface area contributed by atoms with Gasteiger partial charge in [0.1, 0.15) is 7.05 Å². The molecule has 0 saturated heterocycles. The Balaban J connectivity index is 1.90. The molecule has 2 aliphatic carbocycles. The molecule has 2 unspecified atom stereocenters.